The molecular weight excluding hydrogens is 320 g/mol. The Kier molecular flexibility index (Phi) is 4.99. The molecule has 0 aromatic heterocycles. The van der Waals surface area contributed by atoms with Crippen LogP contribution in [0, 0.1) is 0 Å². The van der Waals surface area contributed by atoms with Gasteiger partial charge < -0.3 is 19.7 Å². The number of benzene rings is 1. The Morgan fingerprint density at radius 3 is 2.64 bits per heavy atom. The van der Waals surface area contributed by atoms with E-state index < -0.39 is 5.60 Å². The third-order valence-corrected chi connectivity index (χ3v) is 4.24. The molecule has 0 unspecified atom stereocenters. The molecule has 25 heavy (non-hydrogen) atoms. The van der Waals surface area contributed by atoms with Crippen LogP contribution in [0.25, 0.3) is 0 Å². The summed E-state index contributed by atoms with van der Waals surface area (Å²) in [6.45, 7) is 7.61. The summed E-state index contributed by atoms with van der Waals surface area (Å²) in [4.78, 5) is 26.3. The lowest BCUT2D eigenvalue weighted by molar-refractivity contribution is 0.0234. The van der Waals surface area contributed by atoms with Crippen LogP contribution in [0.3, 0.4) is 0 Å². The Morgan fingerprint density at radius 2 is 1.96 bits per heavy atom. The predicted molar refractivity (Wildman–Crippen MR) is 93.2 cm³/mol. The van der Waals surface area contributed by atoms with Crippen LogP contribution in [0.2, 0.25) is 0 Å². The van der Waals surface area contributed by atoms with E-state index in [1.807, 2.05) is 39.0 Å². The quantitative estimate of drug-likeness (QED) is 0.890. The number of fused-ring (bicyclic) bond motifs is 1. The van der Waals surface area contributed by atoms with E-state index in [-0.39, 0.29) is 18.0 Å². The number of nitrogens with zero attached hydrogens (tertiary/aromatic N) is 1. The van der Waals surface area contributed by atoms with E-state index in [1.54, 1.807) is 4.90 Å². The van der Waals surface area contributed by atoms with Crippen molar-refractivity contribution in [1.29, 1.82) is 0 Å². The standard InChI is InChI=1S/C19H26N2O4/c1-19(2,3)25-18(23)21(16-6-7-16)9-8-20-17(22)13-4-5-14-11-24-12-15(14)10-13/h4-5,10,16H,6-9,11-12H2,1-3H3,(H,20,22). The Morgan fingerprint density at radius 1 is 1.24 bits per heavy atom. The fourth-order valence-corrected chi connectivity index (χ4v) is 2.83. The van der Waals surface area contributed by atoms with Crippen LogP contribution in [0.1, 0.15) is 55.1 Å². The zero-order valence-corrected chi connectivity index (χ0v) is 15.1. The van der Waals surface area contributed by atoms with Crippen LogP contribution in [0.5, 0.6) is 0 Å². The van der Waals surface area contributed by atoms with E-state index in [1.165, 1.54) is 0 Å². The molecule has 2 aliphatic rings. The lowest BCUT2D eigenvalue weighted by Crippen LogP contribution is -2.42. The Balaban J connectivity index is 1.52. The molecule has 0 atom stereocenters. The molecule has 6 nitrogen and oxygen atoms in total. The summed E-state index contributed by atoms with van der Waals surface area (Å²) >= 11 is 0. The lowest BCUT2D eigenvalue weighted by Gasteiger charge is -2.27. The van der Waals surface area contributed by atoms with E-state index in [0.717, 1.165) is 24.0 Å². The number of carbonyl (C=O) groups is 2. The highest BCUT2D eigenvalue weighted by Gasteiger charge is 2.34. The maximum absolute atomic E-state index is 12.3. The molecule has 0 spiro atoms. The third-order valence-electron chi connectivity index (χ3n) is 4.24. The van der Waals surface area contributed by atoms with E-state index in [9.17, 15) is 9.59 Å². The molecule has 6 heteroatoms. The van der Waals surface area contributed by atoms with Gasteiger partial charge >= 0.3 is 6.09 Å². The van der Waals surface area contributed by atoms with Crippen molar-refractivity contribution in [2.75, 3.05) is 13.1 Å². The van der Waals surface area contributed by atoms with Gasteiger partial charge in [-0.15, -0.1) is 0 Å². The van der Waals surface area contributed by atoms with Crippen molar-refractivity contribution in [3.05, 3.63) is 34.9 Å². The van der Waals surface area contributed by atoms with E-state index in [4.69, 9.17) is 9.47 Å². The highest BCUT2D eigenvalue weighted by Crippen LogP contribution is 2.28. The fraction of sp³-hybridized carbons (Fsp3) is 0.579. The minimum atomic E-state index is -0.514. The summed E-state index contributed by atoms with van der Waals surface area (Å²) < 4.78 is 10.8. The number of nitrogens with one attached hydrogen (secondary N) is 1. The van der Waals surface area contributed by atoms with Gasteiger partial charge in [0.05, 0.1) is 13.2 Å². The first-order valence-corrected chi connectivity index (χ1v) is 8.81. The first-order chi connectivity index (χ1) is 11.8. The summed E-state index contributed by atoms with van der Waals surface area (Å²) in [6.07, 6.45) is 1.69. The molecule has 1 aromatic rings. The number of hydrogen-bond acceptors (Lipinski definition) is 4. The monoisotopic (exact) mass is 346 g/mol. The van der Waals surface area contributed by atoms with Crippen molar-refractivity contribution in [2.24, 2.45) is 0 Å². The van der Waals surface area contributed by atoms with Gasteiger partial charge in [0, 0.05) is 24.7 Å². The topological polar surface area (TPSA) is 67.9 Å². The SMILES string of the molecule is CC(C)(C)OC(=O)N(CCNC(=O)c1ccc2c(c1)COC2)C1CC1. The molecule has 1 aromatic carbocycles. The molecule has 0 radical (unpaired) electrons. The molecule has 2 amide bonds. The Labute approximate surface area is 148 Å². The average molecular weight is 346 g/mol. The Hall–Kier alpha value is -2.08. The third kappa shape index (κ3) is 4.72. The largest absolute Gasteiger partial charge is 0.444 e. The Bertz CT molecular complexity index is 662. The summed E-state index contributed by atoms with van der Waals surface area (Å²) in [5, 5.41) is 2.89. The molecule has 0 bridgehead atoms. The molecule has 136 valence electrons. The van der Waals surface area contributed by atoms with Crippen LogP contribution in [-0.2, 0) is 22.7 Å². The molecule has 1 N–H and O–H groups in total. The van der Waals surface area contributed by atoms with E-state index in [2.05, 4.69) is 5.32 Å². The number of hydrogen-bond donors (Lipinski definition) is 1. The molecule has 3 rings (SSSR count). The first-order valence-electron chi connectivity index (χ1n) is 8.81. The molecule has 1 aliphatic carbocycles. The molecule has 1 heterocycles. The van der Waals surface area contributed by atoms with Gasteiger partial charge in [-0.2, -0.15) is 0 Å². The molecular formula is C19H26N2O4. The average Bonchev–Trinajstić information content (AvgIpc) is 3.25. The number of ether oxygens (including phenoxy) is 2. The van der Waals surface area contributed by atoms with E-state index >= 15 is 0 Å². The summed E-state index contributed by atoms with van der Waals surface area (Å²) in [7, 11) is 0. The van der Waals surface area contributed by atoms with Gasteiger partial charge in [0.1, 0.15) is 5.60 Å². The van der Waals surface area contributed by atoms with Gasteiger partial charge in [-0.1, -0.05) is 6.07 Å². The van der Waals surface area contributed by atoms with Gasteiger partial charge in [0.25, 0.3) is 5.91 Å². The number of carbonyl (C=O) groups excluding carboxylic acids is 2. The fourth-order valence-electron chi connectivity index (χ4n) is 2.83. The molecule has 1 aliphatic heterocycles. The zero-order valence-electron chi connectivity index (χ0n) is 15.1. The van der Waals surface area contributed by atoms with Gasteiger partial charge in [-0.05, 0) is 56.9 Å². The van der Waals surface area contributed by atoms with Crippen molar-refractivity contribution < 1.29 is 19.1 Å². The van der Waals surface area contributed by atoms with Crippen molar-refractivity contribution in [1.82, 2.24) is 10.2 Å². The summed E-state index contributed by atoms with van der Waals surface area (Å²) in [5.41, 5.74) is 2.32. The highest BCUT2D eigenvalue weighted by molar-refractivity contribution is 5.94. The maximum atomic E-state index is 12.3. The summed E-state index contributed by atoms with van der Waals surface area (Å²) in [5.74, 6) is -0.130. The second-order valence-electron chi connectivity index (χ2n) is 7.64. The van der Waals surface area contributed by atoms with E-state index in [0.29, 0.717) is 31.9 Å². The van der Waals surface area contributed by atoms with Crippen LogP contribution < -0.4 is 5.32 Å². The smallest absolute Gasteiger partial charge is 0.410 e. The zero-order chi connectivity index (χ0) is 18.0. The van der Waals surface area contributed by atoms with Crippen molar-refractivity contribution in [3.8, 4) is 0 Å². The van der Waals surface area contributed by atoms with Gasteiger partial charge in [0.15, 0.2) is 0 Å². The second kappa shape index (κ2) is 7.04. The minimum absolute atomic E-state index is 0.130. The molecule has 0 saturated heterocycles. The van der Waals surface area contributed by atoms with Crippen molar-refractivity contribution >= 4 is 12.0 Å². The summed E-state index contributed by atoms with van der Waals surface area (Å²) in [6, 6.07) is 5.87. The number of rotatable bonds is 5. The second-order valence-corrected chi connectivity index (χ2v) is 7.64. The minimum Gasteiger partial charge on any atom is -0.444 e. The van der Waals surface area contributed by atoms with Crippen molar-refractivity contribution in [3.63, 3.8) is 0 Å². The van der Waals surface area contributed by atoms with Gasteiger partial charge in [-0.3, -0.25) is 4.79 Å². The van der Waals surface area contributed by atoms with Gasteiger partial charge in [-0.25, -0.2) is 4.79 Å². The van der Waals surface area contributed by atoms with Crippen molar-refractivity contribution in [2.45, 2.75) is 58.5 Å². The number of amides is 2. The molecule has 1 fully saturated rings. The normalized spacial score (nSPS) is 16.3. The van der Waals surface area contributed by atoms with Crippen LogP contribution in [0.4, 0.5) is 4.79 Å². The van der Waals surface area contributed by atoms with Gasteiger partial charge in [0.2, 0.25) is 0 Å². The molecule has 1 saturated carbocycles. The highest BCUT2D eigenvalue weighted by atomic mass is 16.6. The van der Waals surface area contributed by atoms with Crippen LogP contribution in [0.15, 0.2) is 18.2 Å². The first kappa shape index (κ1) is 17.7. The van der Waals surface area contributed by atoms with Crippen LogP contribution >= 0.6 is 0 Å². The maximum Gasteiger partial charge on any atom is 0.410 e. The lowest BCUT2D eigenvalue weighted by atomic mass is 10.1. The predicted octanol–water partition coefficient (Wildman–Crippen LogP) is 2.85. The van der Waals surface area contributed by atoms with Crippen LogP contribution in [-0.4, -0.2) is 41.6 Å².